The van der Waals surface area contributed by atoms with Crippen LogP contribution in [0.5, 0.6) is 0 Å². The Hall–Kier alpha value is -1.89. The van der Waals surface area contributed by atoms with Gasteiger partial charge in [0, 0.05) is 38.4 Å². The van der Waals surface area contributed by atoms with E-state index >= 15 is 0 Å². The molecule has 3 heterocycles. The fourth-order valence-corrected chi connectivity index (χ4v) is 4.13. The molecule has 24 heavy (non-hydrogen) atoms. The van der Waals surface area contributed by atoms with E-state index in [4.69, 9.17) is 0 Å². The van der Waals surface area contributed by atoms with Gasteiger partial charge in [0.15, 0.2) is 0 Å². The fourth-order valence-electron chi connectivity index (χ4n) is 3.40. The first kappa shape index (κ1) is 17.0. The molecule has 1 fully saturated rings. The molecule has 1 amide bonds. The molecule has 1 atom stereocenters. The zero-order valence-corrected chi connectivity index (χ0v) is 15.6. The molecular formula is C17H25N5OS. The van der Waals surface area contributed by atoms with Gasteiger partial charge in [0.25, 0.3) is 5.91 Å². The molecule has 0 spiro atoms. The van der Waals surface area contributed by atoms with E-state index in [1.54, 1.807) is 0 Å². The number of piperidine rings is 1. The number of rotatable bonds is 4. The van der Waals surface area contributed by atoms with Crippen molar-refractivity contribution in [2.24, 2.45) is 0 Å². The number of anilines is 1. The molecule has 3 rings (SSSR count). The monoisotopic (exact) mass is 347 g/mol. The van der Waals surface area contributed by atoms with Crippen LogP contribution in [0.3, 0.4) is 0 Å². The van der Waals surface area contributed by atoms with E-state index < -0.39 is 0 Å². The second kappa shape index (κ2) is 6.93. The second-order valence-corrected chi connectivity index (χ2v) is 7.39. The first-order valence-corrected chi connectivity index (χ1v) is 9.26. The van der Waals surface area contributed by atoms with E-state index in [0.29, 0.717) is 12.0 Å². The van der Waals surface area contributed by atoms with Crippen molar-refractivity contribution >= 4 is 22.4 Å². The molecule has 2 aromatic rings. The summed E-state index contributed by atoms with van der Waals surface area (Å²) in [7, 11) is 1.84. The number of nitrogens with zero attached hydrogens (tertiary/aromatic N) is 4. The highest BCUT2D eigenvalue weighted by molar-refractivity contribution is 7.10. The summed E-state index contributed by atoms with van der Waals surface area (Å²) >= 11 is 1.35. The Morgan fingerprint density at radius 2 is 2.25 bits per heavy atom. The van der Waals surface area contributed by atoms with Crippen molar-refractivity contribution in [3.8, 4) is 0 Å². The molecule has 0 saturated carbocycles. The minimum Gasteiger partial charge on any atom is -0.378 e. The Balaban J connectivity index is 1.82. The van der Waals surface area contributed by atoms with E-state index in [-0.39, 0.29) is 5.91 Å². The van der Waals surface area contributed by atoms with Crippen LogP contribution in [0.25, 0.3) is 0 Å². The van der Waals surface area contributed by atoms with Gasteiger partial charge in [-0.3, -0.25) is 4.79 Å². The van der Waals surface area contributed by atoms with Crippen molar-refractivity contribution in [2.75, 3.05) is 25.5 Å². The van der Waals surface area contributed by atoms with Gasteiger partial charge in [0.05, 0.1) is 17.3 Å². The molecule has 0 aliphatic carbocycles. The summed E-state index contributed by atoms with van der Waals surface area (Å²) in [6, 6.07) is 0.299. The third kappa shape index (κ3) is 3.05. The Bertz CT molecular complexity index is 720. The lowest BCUT2D eigenvalue weighted by Gasteiger charge is -2.34. The Kier molecular flexibility index (Phi) is 4.89. The molecule has 7 heteroatoms. The third-order valence-corrected chi connectivity index (χ3v) is 5.55. The molecule has 2 aromatic heterocycles. The van der Waals surface area contributed by atoms with E-state index in [9.17, 15) is 4.79 Å². The number of imidazole rings is 1. The van der Waals surface area contributed by atoms with Crippen molar-refractivity contribution in [1.29, 1.82) is 0 Å². The average Bonchev–Trinajstić information content (AvgIpc) is 3.20. The maximum Gasteiger partial charge on any atom is 0.258 e. The van der Waals surface area contributed by atoms with E-state index in [0.717, 1.165) is 48.0 Å². The summed E-state index contributed by atoms with van der Waals surface area (Å²) in [6.07, 6.45) is 6.00. The minimum absolute atomic E-state index is 0.0847. The standard InChI is InChI=1S/C17H25N5OS/c1-11(2)15-19-7-9-22(15)13-6-5-8-21(10-13)17(23)14-12(3)20-24-16(14)18-4/h7,9,11,13,18H,5-6,8,10H2,1-4H3/t13-/m1/s1. The predicted molar refractivity (Wildman–Crippen MR) is 96.9 cm³/mol. The molecule has 1 N–H and O–H groups in total. The zero-order valence-electron chi connectivity index (χ0n) is 14.7. The largest absolute Gasteiger partial charge is 0.378 e. The van der Waals surface area contributed by atoms with Crippen LogP contribution in [0.15, 0.2) is 12.4 Å². The smallest absolute Gasteiger partial charge is 0.258 e. The number of carbonyl (C=O) groups excluding carboxylic acids is 1. The number of carbonyl (C=O) groups is 1. The summed E-state index contributed by atoms with van der Waals surface area (Å²) in [5.74, 6) is 1.56. The van der Waals surface area contributed by atoms with Crippen molar-refractivity contribution in [3.05, 3.63) is 29.5 Å². The van der Waals surface area contributed by atoms with Gasteiger partial charge in [-0.1, -0.05) is 13.8 Å². The van der Waals surface area contributed by atoms with Crippen LogP contribution in [0.2, 0.25) is 0 Å². The Morgan fingerprint density at radius 3 is 2.96 bits per heavy atom. The summed E-state index contributed by atoms with van der Waals surface area (Å²) in [5, 5.41) is 3.94. The lowest BCUT2D eigenvalue weighted by atomic mass is 10.0. The van der Waals surface area contributed by atoms with Crippen LogP contribution in [0.1, 0.15) is 60.5 Å². The predicted octanol–water partition coefficient (Wildman–Crippen LogP) is 3.29. The molecule has 1 aliphatic rings. The van der Waals surface area contributed by atoms with Gasteiger partial charge in [-0.15, -0.1) is 0 Å². The molecule has 0 aromatic carbocycles. The zero-order chi connectivity index (χ0) is 17.3. The highest BCUT2D eigenvalue weighted by Gasteiger charge is 2.29. The summed E-state index contributed by atoms with van der Waals surface area (Å²) < 4.78 is 6.58. The van der Waals surface area contributed by atoms with Crippen LogP contribution in [0.4, 0.5) is 5.00 Å². The fraction of sp³-hybridized carbons (Fsp3) is 0.588. The summed E-state index contributed by atoms with van der Waals surface area (Å²) in [5.41, 5.74) is 1.53. The van der Waals surface area contributed by atoms with Crippen molar-refractivity contribution in [2.45, 2.75) is 45.6 Å². The van der Waals surface area contributed by atoms with Gasteiger partial charge < -0.3 is 14.8 Å². The first-order valence-electron chi connectivity index (χ1n) is 8.49. The van der Waals surface area contributed by atoms with E-state index in [1.807, 2.05) is 31.3 Å². The molecule has 1 saturated heterocycles. The van der Waals surface area contributed by atoms with Crippen LogP contribution in [0, 0.1) is 6.92 Å². The van der Waals surface area contributed by atoms with Crippen molar-refractivity contribution < 1.29 is 4.79 Å². The molecule has 0 bridgehead atoms. The van der Waals surface area contributed by atoms with Gasteiger partial charge in [-0.25, -0.2) is 4.98 Å². The molecule has 1 aliphatic heterocycles. The topological polar surface area (TPSA) is 63.1 Å². The van der Waals surface area contributed by atoms with Crippen molar-refractivity contribution in [1.82, 2.24) is 18.8 Å². The maximum absolute atomic E-state index is 13.0. The number of aryl methyl sites for hydroxylation is 1. The molecule has 0 radical (unpaired) electrons. The normalized spacial score (nSPS) is 18.2. The summed E-state index contributed by atoms with van der Waals surface area (Å²) in [6.45, 7) is 7.75. The van der Waals surface area contributed by atoms with Crippen LogP contribution in [-0.2, 0) is 0 Å². The summed E-state index contributed by atoms with van der Waals surface area (Å²) in [4.78, 5) is 19.5. The maximum atomic E-state index is 13.0. The van der Waals surface area contributed by atoms with Crippen LogP contribution in [-0.4, -0.2) is 44.9 Å². The number of nitrogens with one attached hydrogen (secondary N) is 1. The molecular weight excluding hydrogens is 322 g/mol. The van der Waals surface area contributed by atoms with Gasteiger partial charge in [0.2, 0.25) is 0 Å². The first-order chi connectivity index (χ1) is 11.5. The average molecular weight is 347 g/mol. The van der Waals surface area contributed by atoms with Gasteiger partial charge in [0.1, 0.15) is 10.8 Å². The van der Waals surface area contributed by atoms with Crippen molar-refractivity contribution in [3.63, 3.8) is 0 Å². The van der Waals surface area contributed by atoms with Gasteiger partial charge in [-0.05, 0) is 31.3 Å². The highest BCUT2D eigenvalue weighted by atomic mass is 32.1. The van der Waals surface area contributed by atoms with E-state index in [1.165, 1.54) is 11.5 Å². The number of aromatic nitrogens is 3. The third-order valence-electron chi connectivity index (χ3n) is 4.60. The molecule has 0 unspecified atom stereocenters. The van der Waals surface area contributed by atoms with Gasteiger partial charge in [-0.2, -0.15) is 4.37 Å². The number of likely N-dealkylation sites (tertiary alicyclic amines) is 1. The Labute approximate surface area is 147 Å². The lowest BCUT2D eigenvalue weighted by Crippen LogP contribution is -2.41. The Morgan fingerprint density at radius 1 is 1.46 bits per heavy atom. The SMILES string of the molecule is CNc1snc(C)c1C(=O)N1CCC[C@@H](n2ccnc2C(C)C)C1. The highest BCUT2D eigenvalue weighted by Crippen LogP contribution is 2.30. The molecule has 6 nitrogen and oxygen atoms in total. The van der Waals surface area contributed by atoms with E-state index in [2.05, 4.69) is 33.1 Å². The quantitative estimate of drug-likeness (QED) is 0.922. The van der Waals surface area contributed by atoms with Crippen LogP contribution >= 0.6 is 11.5 Å². The van der Waals surface area contributed by atoms with Gasteiger partial charge >= 0.3 is 0 Å². The number of hydrogen-bond donors (Lipinski definition) is 1. The number of amides is 1. The number of hydrogen-bond acceptors (Lipinski definition) is 5. The minimum atomic E-state index is 0.0847. The van der Waals surface area contributed by atoms with Crippen LogP contribution < -0.4 is 5.32 Å². The molecule has 130 valence electrons. The second-order valence-electron chi connectivity index (χ2n) is 6.62. The lowest BCUT2D eigenvalue weighted by molar-refractivity contribution is 0.0678.